The summed E-state index contributed by atoms with van der Waals surface area (Å²) in [6, 6.07) is 0. The van der Waals surface area contributed by atoms with Gasteiger partial charge in [-0.15, -0.1) is 0 Å². The van der Waals surface area contributed by atoms with Crippen molar-refractivity contribution in [3.63, 3.8) is 0 Å². The van der Waals surface area contributed by atoms with E-state index in [1.165, 1.54) is 13.3 Å². The first-order valence-electron chi connectivity index (χ1n) is 8.12. The second kappa shape index (κ2) is 5.88. The number of ether oxygens (including phenoxy) is 1. The maximum atomic E-state index is 14.8. The third kappa shape index (κ3) is 2.52. The van der Waals surface area contributed by atoms with Gasteiger partial charge in [-0.25, -0.2) is 8.78 Å². The van der Waals surface area contributed by atoms with E-state index in [0.717, 1.165) is 25.7 Å². The van der Waals surface area contributed by atoms with E-state index in [0.29, 0.717) is 5.92 Å². The Morgan fingerprint density at radius 1 is 1.14 bits per heavy atom. The molecule has 3 fully saturated rings. The van der Waals surface area contributed by atoms with Crippen molar-refractivity contribution in [2.24, 2.45) is 23.7 Å². The molecule has 2 saturated carbocycles. The zero-order valence-corrected chi connectivity index (χ0v) is 15.6. The molecule has 21 heavy (non-hydrogen) atoms. The fourth-order valence-corrected chi connectivity index (χ4v) is 4.48. The van der Waals surface area contributed by atoms with Crippen LogP contribution in [0.1, 0.15) is 46.0 Å². The summed E-state index contributed by atoms with van der Waals surface area (Å²) >= 11 is 0. The Morgan fingerprint density at radius 3 is 2.29 bits per heavy atom. The van der Waals surface area contributed by atoms with Crippen molar-refractivity contribution in [3.05, 3.63) is 0 Å². The normalized spacial score (nSPS) is 46.1. The Morgan fingerprint density at radius 2 is 1.76 bits per heavy atom. The van der Waals surface area contributed by atoms with Gasteiger partial charge in [0.1, 0.15) is 6.17 Å². The Labute approximate surface area is 119 Å². The van der Waals surface area contributed by atoms with Gasteiger partial charge in [0.15, 0.2) is 6.17 Å². The minimum Gasteiger partial charge on any atom is -0.390 e. The summed E-state index contributed by atoms with van der Waals surface area (Å²) in [4.78, 5) is 0. The number of hydrogen-bond donors (Lipinski definition) is 1. The standard InChI is InChI=1S/C16H26F2O2.Cm/c1-8-11-6-7-12(10-4-3-5-10)14(18)16(11)20-15(8)13(17)9(2)19;/h8-16,19H,3-7H2,1-2H3;. The van der Waals surface area contributed by atoms with Gasteiger partial charge in [0, 0.05) is 0 Å². The van der Waals surface area contributed by atoms with Crippen LogP contribution in [0.2, 0.25) is 0 Å². The molecule has 124 valence electrons. The quantitative estimate of drug-likeness (QED) is 0.602. The molecule has 0 bridgehead atoms. The van der Waals surface area contributed by atoms with E-state index < -0.39 is 30.7 Å². The van der Waals surface area contributed by atoms with E-state index in [1.54, 1.807) is 0 Å². The molecular formula is C16H26CmF2O2. The van der Waals surface area contributed by atoms with Crippen molar-refractivity contribution in [1.29, 1.82) is 0 Å². The largest absolute Gasteiger partial charge is 0.390 e. The van der Waals surface area contributed by atoms with E-state index >= 15 is 0 Å². The molecule has 1 heterocycles. The fraction of sp³-hybridized carbons (Fsp3) is 1.00. The third-order valence-electron chi connectivity index (χ3n) is 6.02. The van der Waals surface area contributed by atoms with Crippen molar-refractivity contribution < 1.29 is 18.6 Å². The Balaban J connectivity index is 0.00000161. The van der Waals surface area contributed by atoms with Crippen LogP contribution in [0.15, 0.2) is 0 Å². The first-order valence-corrected chi connectivity index (χ1v) is 8.12. The number of aliphatic hydroxyl groups excluding tert-OH is 1. The monoisotopic (exact) mass is 531 g/mol. The van der Waals surface area contributed by atoms with Gasteiger partial charge in [-0.3, -0.25) is 0 Å². The van der Waals surface area contributed by atoms with Crippen LogP contribution in [0.4, 0.5) is 8.78 Å². The molecule has 1 saturated heterocycles. The molecule has 1 N–H and O–H groups in total. The predicted molar refractivity (Wildman–Crippen MR) is 72.9 cm³/mol. The van der Waals surface area contributed by atoms with Gasteiger partial charge in [0.2, 0.25) is 0 Å². The first-order chi connectivity index (χ1) is 9.50. The number of aliphatic hydroxyl groups is 1. The Bertz CT molecular complexity index is 351. The second-order valence-corrected chi connectivity index (χ2v) is 7.15. The number of alkyl halides is 2. The minimum atomic E-state index is -1.41. The summed E-state index contributed by atoms with van der Waals surface area (Å²) in [5, 5.41) is 9.44. The molecule has 2 nitrogen and oxygen atoms in total. The molecule has 8 atom stereocenters. The van der Waals surface area contributed by atoms with Gasteiger partial charge in [-0.05, 0) is 43.4 Å². The van der Waals surface area contributed by atoms with Crippen LogP contribution in [-0.2, 0) is 4.74 Å². The SMILES string of the molecule is CC(O)C(F)C1OC2C(F)C(C3CCC3)CCC2C1C.[Cm]. The Kier molecular flexibility index (Phi) is 4.52. The molecular weight excluding hydrogens is 509 g/mol. The van der Waals surface area contributed by atoms with Crippen molar-refractivity contribution in [2.45, 2.75) is 76.6 Å². The Hall–Kier alpha value is -1.22. The second-order valence-electron chi connectivity index (χ2n) is 7.15. The molecule has 0 aromatic rings. The van der Waals surface area contributed by atoms with Crippen LogP contribution in [-0.4, -0.2) is 35.8 Å². The molecule has 3 aliphatic rings. The van der Waals surface area contributed by atoms with Crippen molar-refractivity contribution in [3.8, 4) is 0 Å². The zero-order valence-electron chi connectivity index (χ0n) is 12.7. The molecule has 3 rings (SSSR count). The van der Waals surface area contributed by atoms with Crippen LogP contribution < -0.4 is 0 Å². The maximum Gasteiger partial charge on any atom is 0.152 e. The zero-order chi connectivity index (χ0) is 14.4. The summed E-state index contributed by atoms with van der Waals surface area (Å²) in [6.45, 7) is 3.38. The number of rotatable bonds is 3. The molecule has 2 aliphatic carbocycles. The number of hydrogen-bond acceptors (Lipinski definition) is 2. The van der Waals surface area contributed by atoms with Crippen molar-refractivity contribution in [1.82, 2.24) is 0 Å². The van der Waals surface area contributed by atoms with Gasteiger partial charge in [0.25, 0.3) is 0 Å². The maximum absolute atomic E-state index is 14.8. The van der Waals surface area contributed by atoms with Crippen molar-refractivity contribution >= 4 is 0 Å². The molecule has 0 aromatic heterocycles. The average Bonchev–Trinajstić information content (AvgIpc) is 2.68. The van der Waals surface area contributed by atoms with Crippen LogP contribution in [0, 0.1) is 23.7 Å². The summed E-state index contributed by atoms with van der Waals surface area (Å²) in [6.07, 6.45) is 0.837. The number of halogens is 2. The predicted octanol–water partition coefficient (Wildman–Crippen LogP) is 3.27. The van der Waals surface area contributed by atoms with Crippen LogP contribution in [0.3, 0.4) is 0 Å². The molecule has 0 radical (unpaired) electrons. The topological polar surface area (TPSA) is 29.5 Å². The minimum absolute atomic E-state index is 0. The third-order valence-corrected chi connectivity index (χ3v) is 6.02. The van der Waals surface area contributed by atoms with Gasteiger partial charge in [0.05, 0.1) is 18.3 Å². The molecule has 0 spiro atoms. The van der Waals surface area contributed by atoms with Crippen LogP contribution in [0.25, 0.3) is 0 Å². The van der Waals surface area contributed by atoms with Gasteiger partial charge < -0.3 is 9.84 Å². The van der Waals surface area contributed by atoms with E-state index in [-0.39, 0.29) is 17.8 Å². The summed E-state index contributed by atoms with van der Waals surface area (Å²) < 4.78 is 34.6. The summed E-state index contributed by atoms with van der Waals surface area (Å²) in [5.41, 5.74) is 0. The van der Waals surface area contributed by atoms with Crippen molar-refractivity contribution in [2.75, 3.05) is 0 Å². The van der Waals surface area contributed by atoms with Gasteiger partial charge >= 0.3 is 0 Å². The van der Waals surface area contributed by atoms with Crippen LogP contribution in [0.5, 0.6) is 0 Å². The van der Waals surface area contributed by atoms with E-state index in [4.69, 9.17) is 4.74 Å². The van der Waals surface area contributed by atoms with E-state index in [2.05, 4.69) is 0 Å². The summed E-state index contributed by atoms with van der Waals surface area (Å²) in [5.74, 6) is 0.732. The fourth-order valence-electron chi connectivity index (χ4n) is 4.48. The van der Waals surface area contributed by atoms with E-state index in [1.807, 2.05) is 6.92 Å². The molecule has 8 unspecified atom stereocenters. The smallest absolute Gasteiger partial charge is 0.152 e. The van der Waals surface area contributed by atoms with Crippen LogP contribution >= 0.6 is 0 Å². The summed E-state index contributed by atoms with van der Waals surface area (Å²) in [7, 11) is 0. The number of fused-ring (bicyclic) bond motifs is 1. The average molecular weight is 535 g/mol. The molecule has 0 amide bonds. The molecule has 1 aliphatic heterocycles. The van der Waals surface area contributed by atoms with E-state index in [9.17, 15) is 13.9 Å². The first kappa shape index (κ1) is 16.2. The molecule has 5 heteroatoms. The van der Waals surface area contributed by atoms with Gasteiger partial charge in [-0.2, -0.15) is 0 Å². The molecule has 0 aromatic carbocycles. The van der Waals surface area contributed by atoms with Gasteiger partial charge in [-0.1, -0.05) is 26.2 Å².